The molecule has 0 radical (unpaired) electrons. The van der Waals surface area contributed by atoms with E-state index in [1.165, 1.54) is 0 Å². The fraction of sp³-hybridized carbons (Fsp3) is 0.667. The van der Waals surface area contributed by atoms with Crippen LogP contribution in [0.15, 0.2) is 0 Å². The average molecular weight is 284 g/mol. The van der Waals surface area contributed by atoms with Crippen LogP contribution in [0.25, 0.3) is 0 Å². The van der Waals surface area contributed by atoms with Crippen LogP contribution < -0.4 is 80.8 Å². The van der Waals surface area contributed by atoms with E-state index in [0.717, 1.165) is 21.6 Å². The van der Waals surface area contributed by atoms with Gasteiger partial charge in [-0.25, -0.2) is 0 Å². The zero-order valence-electron chi connectivity index (χ0n) is 9.17. The Kier molecular flexibility index (Phi) is 18.5. The largest absolute Gasteiger partial charge is 1.00 e. The Bertz CT molecular complexity index is 201. The van der Waals surface area contributed by atoms with Crippen molar-refractivity contribution in [1.82, 2.24) is 0 Å². The standard InChI is InChI=1S/C6H12N2O4S2.2Na/c7-3(5(9)10)1-13-14-2-4(8)6(11)12;;/h3-4H,1-2,7-8H2,(H,9,10)(H,11,12);;/q;2*+1/p-2/t3-,4-;;/m0../s1. The van der Waals surface area contributed by atoms with Gasteiger partial charge >= 0.3 is 59.1 Å². The van der Waals surface area contributed by atoms with Gasteiger partial charge < -0.3 is 31.3 Å². The molecule has 0 unspecified atom stereocenters. The molecule has 0 saturated carbocycles. The van der Waals surface area contributed by atoms with Crippen LogP contribution in [0.1, 0.15) is 0 Å². The molecule has 0 bridgehead atoms. The maximum Gasteiger partial charge on any atom is 1.00 e. The number of nitrogens with two attached hydrogens (primary N) is 2. The number of carbonyl (C=O) groups is 2. The Morgan fingerprint density at radius 3 is 1.38 bits per heavy atom. The zero-order valence-corrected chi connectivity index (χ0v) is 14.8. The predicted molar refractivity (Wildman–Crippen MR) is 50.9 cm³/mol. The molecule has 0 aromatic rings. The summed E-state index contributed by atoms with van der Waals surface area (Å²) in [6.45, 7) is 0. The monoisotopic (exact) mass is 284 g/mol. The molecule has 6 nitrogen and oxygen atoms in total. The molecule has 0 spiro atoms. The van der Waals surface area contributed by atoms with Crippen LogP contribution in [0.4, 0.5) is 0 Å². The Morgan fingerprint density at radius 1 is 0.938 bits per heavy atom. The van der Waals surface area contributed by atoms with Gasteiger partial charge in [0.25, 0.3) is 0 Å². The Labute approximate surface area is 146 Å². The number of hydrogen-bond acceptors (Lipinski definition) is 8. The minimum atomic E-state index is -1.33. The number of hydrogen-bond donors (Lipinski definition) is 2. The van der Waals surface area contributed by atoms with Gasteiger partial charge in [0, 0.05) is 11.5 Å². The van der Waals surface area contributed by atoms with Crippen molar-refractivity contribution >= 4 is 33.5 Å². The second kappa shape index (κ2) is 13.0. The Morgan fingerprint density at radius 2 is 1.19 bits per heavy atom. The molecule has 16 heavy (non-hydrogen) atoms. The molecule has 0 amide bonds. The van der Waals surface area contributed by atoms with E-state index in [1.54, 1.807) is 0 Å². The SMILES string of the molecule is N[C@@H](CSSC[C@H](N)C(=O)[O-])C(=O)[O-].[Na+].[Na+]. The van der Waals surface area contributed by atoms with Crippen molar-refractivity contribution in [2.45, 2.75) is 12.1 Å². The molecule has 10 heteroatoms. The topological polar surface area (TPSA) is 132 Å². The van der Waals surface area contributed by atoms with Crippen molar-refractivity contribution < 1.29 is 78.9 Å². The van der Waals surface area contributed by atoms with E-state index in [0.29, 0.717) is 0 Å². The first-order valence-corrected chi connectivity index (χ1v) is 6.11. The summed E-state index contributed by atoms with van der Waals surface area (Å²) in [4.78, 5) is 20.3. The van der Waals surface area contributed by atoms with Gasteiger partial charge in [-0.15, -0.1) is 0 Å². The molecule has 82 valence electrons. The number of carbonyl (C=O) groups excluding carboxylic acids is 2. The summed E-state index contributed by atoms with van der Waals surface area (Å²) in [7, 11) is 2.27. The quantitative estimate of drug-likeness (QED) is 0.267. The third kappa shape index (κ3) is 12.0. The molecule has 0 aliphatic heterocycles. The second-order valence-electron chi connectivity index (χ2n) is 2.42. The van der Waals surface area contributed by atoms with Gasteiger partial charge in [-0.05, 0) is 0 Å². The maximum atomic E-state index is 10.1. The van der Waals surface area contributed by atoms with Crippen LogP contribution in [-0.2, 0) is 9.59 Å². The summed E-state index contributed by atoms with van der Waals surface area (Å²) < 4.78 is 0. The molecular formula is C6H10N2Na2O4S2. The minimum absolute atomic E-state index is 0. The minimum Gasteiger partial charge on any atom is -0.548 e. The fourth-order valence-electron chi connectivity index (χ4n) is 0.379. The normalized spacial score (nSPS) is 12.9. The van der Waals surface area contributed by atoms with Crippen molar-refractivity contribution in [1.29, 1.82) is 0 Å². The van der Waals surface area contributed by atoms with Crippen molar-refractivity contribution in [3.63, 3.8) is 0 Å². The van der Waals surface area contributed by atoms with E-state index in [1.807, 2.05) is 0 Å². The first-order valence-electron chi connectivity index (χ1n) is 3.62. The molecule has 0 aromatic heterocycles. The van der Waals surface area contributed by atoms with Crippen molar-refractivity contribution in [2.75, 3.05) is 11.5 Å². The fourth-order valence-corrected chi connectivity index (χ4v) is 2.59. The zero-order chi connectivity index (χ0) is 11.1. The van der Waals surface area contributed by atoms with Crippen molar-refractivity contribution in [2.24, 2.45) is 11.5 Å². The summed E-state index contributed by atoms with van der Waals surface area (Å²) in [5.41, 5.74) is 10.3. The van der Waals surface area contributed by atoms with Crippen molar-refractivity contribution in [3.05, 3.63) is 0 Å². The molecule has 0 fully saturated rings. The first-order chi connectivity index (χ1) is 6.45. The summed E-state index contributed by atoms with van der Waals surface area (Å²) in [5.74, 6) is -2.37. The third-order valence-corrected chi connectivity index (χ3v) is 3.66. The summed E-state index contributed by atoms with van der Waals surface area (Å²) in [6, 6.07) is -2.10. The van der Waals surface area contributed by atoms with Gasteiger partial charge in [0.15, 0.2) is 0 Å². The van der Waals surface area contributed by atoms with Crippen LogP contribution in [0.3, 0.4) is 0 Å². The average Bonchev–Trinajstić information content (AvgIpc) is 2.11. The van der Waals surface area contributed by atoms with E-state index >= 15 is 0 Å². The predicted octanol–water partition coefficient (Wildman–Crippen LogP) is -9.47. The molecule has 4 N–H and O–H groups in total. The van der Waals surface area contributed by atoms with Gasteiger partial charge in [0.2, 0.25) is 0 Å². The molecule has 0 aliphatic rings. The van der Waals surface area contributed by atoms with Crippen LogP contribution in [0.2, 0.25) is 0 Å². The van der Waals surface area contributed by atoms with E-state index in [-0.39, 0.29) is 70.6 Å². The molecule has 0 heterocycles. The smallest absolute Gasteiger partial charge is 0.548 e. The maximum absolute atomic E-state index is 10.1. The van der Waals surface area contributed by atoms with E-state index < -0.39 is 24.0 Å². The molecular weight excluding hydrogens is 274 g/mol. The number of carboxylic acids is 2. The van der Waals surface area contributed by atoms with Crippen LogP contribution >= 0.6 is 21.6 Å². The summed E-state index contributed by atoms with van der Waals surface area (Å²) in [5, 5.41) is 20.3. The summed E-state index contributed by atoms with van der Waals surface area (Å²) in [6.07, 6.45) is 0. The van der Waals surface area contributed by atoms with Gasteiger partial charge in [0.05, 0.1) is 24.0 Å². The Balaban J connectivity index is -0.000000845. The van der Waals surface area contributed by atoms with Crippen molar-refractivity contribution in [3.8, 4) is 0 Å². The van der Waals surface area contributed by atoms with Gasteiger partial charge in [-0.2, -0.15) is 0 Å². The van der Waals surface area contributed by atoms with Gasteiger partial charge in [0.1, 0.15) is 0 Å². The molecule has 0 saturated heterocycles. The molecule has 2 atom stereocenters. The van der Waals surface area contributed by atoms with Gasteiger partial charge in [-0.1, -0.05) is 21.6 Å². The molecule has 0 rings (SSSR count). The van der Waals surface area contributed by atoms with Crippen LogP contribution in [0.5, 0.6) is 0 Å². The summed E-state index contributed by atoms with van der Waals surface area (Å²) >= 11 is 0. The van der Waals surface area contributed by atoms with E-state index in [4.69, 9.17) is 11.5 Å². The second-order valence-corrected chi connectivity index (χ2v) is 4.97. The number of carboxylic acid groups (broad SMARTS) is 2. The third-order valence-electron chi connectivity index (χ3n) is 1.18. The van der Waals surface area contributed by atoms with Crippen LogP contribution in [0, 0.1) is 0 Å². The van der Waals surface area contributed by atoms with E-state index in [9.17, 15) is 19.8 Å². The Hall–Kier alpha value is 1.56. The molecule has 0 aromatic carbocycles. The van der Waals surface area contributed by atoms with Gasteiger partial charge in [-0.3, -0.25) is 0 Å². The van der Waals surface area contributed by atoms with Crippen LogP contribution in [-0.4, -0.2) is 35.5 Å². The van der Waals surface area contributed by atoms with E-state index in [2.05, 4.69) is 0 Å². The first kappa shape index (κ1) is 22.7. The number of rotatable bonds is 7. The number of aliphatic carboxylic acids is 2. The molecule has 0 aliphatic carbocycles.